The SMILES string of the molecule is COc1ccc(C=C2Sc3ccc(C(=O)N4CCC(Cc5ccccc5)CC4)cc3N(C)C2=O)cc1OC. The van der Waals surface area contributed by atoms with Crippen LogP contribution in [0, 0.1) is 5.92 Å². The van der Waals surface area contributed by atoms with E-state index >= 15 is 0 Å². The average Bonchev–Trinajstić information content (AvgIpc) is 2.96. The molecule has 0 bridgehead atoms. The Balaban J connectivity index is 1.28. The summed E-state index contributed by atoms with van der Waals surface area (Å²) in [4.78, 5) is 31.7. The Morgan fingerprint density at radius 1 is 0.974 bits per heavy atom. The molecule has 5 rings (SSSR count). The minimum atomic E-state index is -0.108. The number of likely N-dealkylation sites (tertiary alicyclic amines) is 1. The molecule has 0 unspecified atom stereocenters. The topological polar surface area (TPSA) is 59.1 Å². The molecule has 196 valence electrons. The van der Waals surface area contributed by atoms with Crippen LogP contribution in [0.2, 0.25) is 0 Å². The molecule has 1 fully saturated rings. The van der Waals surface area contributed by atoms with E-state index in [1.165, 1.54) is 17.3 Å². The van der Waals surface area contributed by atoms with Gasteiger partial charge in [0.2, 0.25) is 0 Å². The van der Waals surface area contributed by atoms with Crippen molar-refractivity contribution in [2.24, 2.45) is 5.92 Å². The second-order valence-corrected chi connectivity index (χ2v) is 10.8. The monoisotopic (exact) mass is 528 g/mol. The maximum Gasteiger partial charge on any atom is 0.264 e. The number of likely N-dealkylation sites (N-methyl/N-ethyl adjacent to an activating group) is 1. The third kappa shape index (κ3) is 5.43. The summed E-state index contributed by atoms with van der Waals surface area (Å²) >= 11 is 1.42. The zero-order valence-electron chi connectivity index (χ0n) is 22.0. The summed E-state index contributed by atoms with van der Waals surface area (Å²) in [5.41, 5.74) is 3.58. The van der Waals surface area contributed by atoms with Gasteiger partial charge in [0.15, 0.2) is 11.5 Å². The summed E-state index contributed by atoms with van der Waals surface area (Å²) in [7, 11) is 4.94. The molecule has 0 radical (unpaired) electrons. The number of anilines is 1. The van der Waals surface area contributed by atoms with Crippen LogP contribution in [0.1, 0.15) is 34.3 Å². The van der Waals surface area contributed by atoms with E-state index in [1.54, 1.807) is 26.2 Å². The quantitative estimate of drug-likeness (QED) is 0.373. The van der Waals surface area contributed by atoms with Gasteiger partial charge in [0, 0.05) is 30.6 Å². The van der Waals surface area contributed by atoms with E-state index in [2.05, 4.69) is 24.3 Å². The summed E-state index contributed by atoms with van der Waals surface area (Å²) in [6, 6.07) is 21.8. The number of ether oxygens (including phenoxy) is 2. The molecule has 0 atom stereocenters. The fourth-order valence-electron chi connectivity index (χ4n) is 5.09. The predicted octanol–water partition coefficient (Wildman–Crippen LogP) is 5.91. The van der Waals surface area contributed by atoms with Crippen molar-refractivity contribution in [1.29, 1.82) is 0 Å². The lowest BCUT2D eigenvalue weighted by Gasteiger charge is -2.33. The molecule has 1 saturated heterocycles. The first-order chi connectivity index (χ1) is 18.5. The Kier molecular flexibility index (Phi) is 7.74. The molecule has 3 aromatic carbocycles. The van der Waals surface area contributed by atoms with Gasteiger partial charge in [0.1, 0.15) is 0 Å². The maximum atomic E-state index is 13.3. The number of rotatable bonds is 6. The van der Waals surface area contributed by atoms with Gasteiger partial charge < -0.3 is 19.3 Å². The Bertz CT molecular complexity index is 1360. The Morgan fingerprint density at radius 3 is 2.42 bits per heavy atom. The lowest BCUT2D eigenvalue weighted by molar-refractivity contribution is -0.114. The molecule has 7 heteroatoms. The number of amides is 2. The van der Waals surface area contributed by atoms with Crippen LogP contribution in [0.3, 0.4) is 0 Å². The molecule has 0 aliphatic carbocycles. The first-order valence-electron chi connectivity index (χ1n) is 12.8. The van der Waals surface area contributed by atoms with Crippen LogP contribution in [-0.4, -0.2) is 51.1 Å². The Hall–Kier alpha value is -3.71. The van der Waals surface area contributed by atoms with Crippen LogP contribution in [0.25, 0.3) is 6.08 Å². The summed E-state index contributed by atoms with van der Waals surface area (Å²) in [6.07, 6.45) is 4.92. The standard InChI is InChI=1S/C31H32N2O4S/c1-32-25-20-24(30(34)33-15-13-22(14-16-33)17-21-7-5-4-6-8-21)10-12-28(25)38-29(31(32)35)19-23-9-11-26(36-2)27(18-23)37-3/h4-12,18-20,22H,13-17H2,1-3H3. The Morgan fingerprint density at radius 2 is 1.71 bits per heavy atom. The first kappa shape index (κ1) is 25.9. The van der Waals surface area contributed by atoms with Crippen LogP contribution < -0.4 is 14.4 Å². The molecule has 2 heterocycles. The van der Waals surface area contributed by atoms with Crippen LogP contribution in [0.15, 0.2) is 76.5 Å². The lowest BCUT2D eigenvalue weighted by atomic mass is 9.90. The number of benzene rings is 3. The minimum absolute atomic E-state index is 0.0310. The van der Waals surface area contributed by atoms with Gasteiger partial charge in [-0.05, 0) is 72.7 Å². The van der Waals surface area contributed by atoms with Crippen molar-refractivity contribution in [3.05, 3.63) is 88.3 Å². The highest BCUT2D eigenvalue weighted by Gasteiger charge is 2.29. The van der Waals surface area contributed by atoms with E-state index in [9.17, 15) is 9.59 Å². The van der Waals surface area contributed by atoms with Gasteiger partial charge in [0.05, 0.1) is 24.8 Å². The number of fused-ring (bicyclic) bond motifs is 1. The molecule has 0 spiro atoms. The molecule has 3 aromatic rings. The second-order valence-electron chi connectivity index (χ2n) is 9.70. The van der Waals surface area contributed by atoms with E-state index in [1.807, 2.05) is 53.4 Å². The fraction of sp³-hybridized carbons (Fsp3) is 0.290. The van der Waals surface area contributed by atoms with Gasteiger partial charge in [0.25, 0.3) is 11.8 Å². The number of carbonyl (C=O) groups excluding carboxylic acids is 2. The molecular formula is C31H32N2O4S. The molecule has 0 saturated carbocycles. The van der Waals surface area contributed by atoms with Gasteiger partial charge >= 0.3 is 0 Å². The van der Waals surface area contributed by atoms with Gasteiger partial charge in [-0.2, -0.15) is 0 Å². The molecule has 2 amide bonds. The molecular weight excluding hydrogens is 496 g/mol. The lowest BCUT2D eigenvalue weighted by Crippen LogP contribution is -2.39. The fourth-order valence-corrected chi connectivity index (χ4v) is 6.18. The minimum Gasteiger partial charge on any atom is -0.493 e. The van der Waals surface area contributed by atoms with Crippen LogP contribution in [0.4, 0.5) is 5.69 Å². The van der Waals surface area contributed by atoms with Crippen molar-refractivity contribution in [3.63, 3.8) is 0 Å². The summed E-state index contributed by atoms with van der Waals surface area (Å²) in [6.45, 7) is 1.52. The smallest absolute Gasteiger partial charge is 0.264 e. The number of hydrogen-bond donors (Lipinski definition) is 0. The summed E-state index contributed by atoms with van der Waals surface area (Å²) in [5.74, 6) is 1.77. The highest BCUT2D eigenvalue weighted by molar-refractivity contribution is 8.04. The van der Waals surface area contributed by atoms with Crippen molar-refractivity contribution < 1.29 is 19.1 Å². The van der Waals surface area contributed by atoms with Crippen LogP contribution >= 0.6 is 11.8 Å². The molecule has 0 N–H and O–H groups in total. The normalized spacial score (nSPS) is 16.9. The van der Waals surface area contributed by atoms with E-state index in [0.717, 1.165) is 48.5 Å². The number of nitrogens with zero attached hydrogens (tertiary/aromatic N) is 2. The van der Waals surface area contributed by atoms with Crippen molar-refractivity contribution >= 4 is 35.3 Å². The van der Waals surface area contributed by atoms with Crippen molar-refractivity contribution in [2.45, 2.75) is 24.2 Å². The zero-order valence-corrected chi connectivity index (χ0v) is 22.8. The predicted molar refractivity (Wildman–Crippen MR) is 152 cm³/mol. The highest BCUT2D eigenvalue weighted by atomic mass is 32.2. The largest absolute Gasteiger partial charge is 0.493 e. The van der Waals surface area contributed by atoms with Crippen molar-refractivity contribution in [1.82, 2.24) is 4.90 Å². The van der Waals surface area contributed by atoms with Crippen molar-refractivity contribution in [2.75, 3.05) is 39.3 Å². The molecule has 6 nitrogen and oxygen atoms in total. The van der Waals surface area contributed by atoms with Crippen LogP contribution in [-0.2, 0) is 11.2 Å². The first-order valence-corrected chi connectivity index (χ1v) is 13.7. The molecule has 38 heavy (non-hydrogen) atoms. The van der Waals surface area contributed by atoms with Gasteiger partial charge in [-0.3, -0.25) is 9.59 Å². The Labute approximate surface area is 228 Å². The second kappa shape index (κ2) is 11.4. The highest BCUT2D eigenvalue weighted by Crippen LogP contribution is 2.42. The van der Waals surface area contributed by atoms with E-state index in [-0.39, 0.29) is 11.8 Å². The van der Waals surface area contributed by atoms with E-state index in [4.69, 9.17) is 9.47 Å². The van der Waals surface area contributed by atoms with Gasteiger partial charge in [-0.1, -0.05) is 48.2 Å². The number of methoxy groups -OCH3 is 2. The molecule has 2 aliphatic heterocycles. The van der Waals surface area contributed by atoms with E-state index in [0.29, 0.717) is 27.9 Å². The zero-order chi connectivity index (χ0) is 26.6. The third-order valence-electron chi connectivity index (χ3n) is 7.28. The number of piperidine rings is 1. The van der Waals surface area contributed by atoms with E-state index < -0.39 is 0 Å². The molecule has 2 aliphatic rings. The maximum absolute atomic E-state index is 13.3. The number of carbonyl (C=O) groups is 2. The number of hydrogen-bond acceptors (Lipinski definition) is 5. The average molecular weight is 529 g/mol. The summed E-state index contributed by atoms with van der Waals surface area (Å²) < 4.78 is 10.7. The molecule has 0 aromatic heterocycles. The van der Waals surface area contributed by atoms with Gasteiger partial charge in [-0.25, -0.2) is 0 Å². The third-order valence-corrected chi connectivity index (χ3v) is 8.35. The number of thioether (sulfide) groups is 1. The van der Waals surface area contributed by atoms with Gasteiger partial charge in [-0.15, -0.1) is 0 Å². The van der Waals surface area contributed by atoms with Crippen molar-refractivity contribution in [3.8, 4) is 11.5 Å². The summed E-state index contributed by atoms with van der Waals surface area (Å²) in [5, 5.41) is 0. The van der Waals surface area contributed by atoms with Crippen LogP contribution in [0.5, 0.6) is 11.5 Å².